The van der Waals surface area contributed by atoms with Gasteiger partial charge in [0.1, 0.15) is 5.82 Å². The maximum absolute atomic E-state index is 13.5. The minimum absolute atomic E-state index is 0.0515. The van der Waals surface area contributed by atoms with Crippen molar-refractivity contribution < 1.29 is 26.0 Å². The van der Waals surface area contributed by atoms with E-state index in [1.54, 1.807) is 41.9 Å². The second-order valence-electron chi connectivity index (χ2n) is 8.13. The Morgan fingerprint density at radius 3 is 2.45 bits per heavy atom. The van der Waals surface area contributed by atoms with Crippen LogP contribution in [0, 0.1) is 5.82 Å². The molecule has 0 aliphatic carbocycles. The summed E-state index contributed by atoms with van der Waals surface area (Å²) in [5.41, 5.74) is 1.41. The first-order chi connectivity index (χ1) is 15.5. The number of sulfonamides is 1. The Hall–Kier alpha value is -2.60. The van der Waals surface area contributed by atoms with Gasteiger partial charge in [0.25, 0.3) is 10.0 Å². The SMILES string of the molecule is Cn1cnc(S(=O)(=O)N2CC(OCc3cccc(S(C)(=O)=O)c3)C(c3ccc(F)cc3)C2)c1. The van der Waals surface area contributed by atoms with E-state index >= 15 is 0 Å². The van der Waals surface area contributed by atoms with E-state index in [-0.39, 0.29) is 41.4 Å². The summed E-state index contributed by atoms with van der Waals surface area (Å²) in [6, 6.07) is 12.3. The summed E-state index contributed by atoms with van der Waals surface area (Å²) in [5.74, 6) is -0.716. The number of aromatic nitrogens is 2. The van der Waals surface area contributed by atoms with Crippen LogP contribution < -0.4 is 0 Å². The number of halogens is 1. The molecule has 0 radical (unpaired) electrons. The Bertz CT molecular complexity index is 1350. The molecule has 176 valence electrons. The van der Waals surface area contributed by atoms with E-state index in [0.29, 0.717) is 5.56 Å². The predicted octanol–water partition coefficient (Wildman–Crippen LogP) is 2.34. The number of imidazole rings is 1. The Morgan fingerprint density at radius 1 is 1.09 bits per heavy atom. The summed E-state index contributed by atoms with van der Waals surface area (Å²) in [7, 11) is -5.52. The zero-order valence-corrected chi connectivity index (χ0v) is 19.8. The topological polar surface area (TPSA) is 98.6 Å². The standard InChI is InChI=1S/C22H24FN3O5S2/c1-25-13-22(24-15-25)33(29,30)26-11-20(17-6-8-18(23)9-7-17)21(12-26)31-14-16-4-3-5-19(10-16)32(2,27)28/h3-10,13,15,20-21H,11-12,14H2,1-2H3. The van der Waals surface area contributed by atoms with Crippen LogP contribution in [-0.2, 0) is 38.3 Å². The third kappa shape index (κ3) is 5.16. The number of aryl methyl sites for hydroxylation is 1. The van der Waals surface area contributed by atoms with Crippen molar-refractivity contribution >= 4 is 19.9 Å². The molecule has 2 aromatic carbocycles. The molecule has 8 nitrogen and oxygen atoms in total. The Balaban J connectivity index is 1.59. The average Bonchev–Trinajstić information content (AvgIpc) is 3.40. The third-order valence-corrected chi connectivity index (χ3v) is 8.43. The van der Waals surface area contributed by atoms with E-state index in [2.05, 4.69) is 4.98 Å². The highest BCUT2D eigenvalue weighted by atomic mass is 32.2. The van der Waals surface area contributed by atoms with Gasteiger partial charge in [0.05, 0.1) is 23.9 Å². The highest BCUT2D eigenvalue weighted by Crippen LogP contribution is 2.33. The van der Waals surface area contributed by atoms with Crippen LogP contribution in [0.4, 0.5) is 4.39 Å². The summed E-state index contributed by atoms with van der Waals surface area (Å²) in [4.78, 5) is 4.16. The van der Waals surface area contributed by atoms with Gasteiger partial charge in [-0.05, 0) is 35.4 Å². The Kier molecular flexibility index (Phi) is 6.41. The smallest absolute Gasteiger partial charge is 0.262 e. The molecule has 0 spiro atoms. The summed E-state index contributed by atoms with van der Waals surface area (Å²) in [6.07, 6.45) is 3.47. The van der Waals surface area contributed by atoms with Gasteiger partial charge in [-0.15, -0.1) is 0 Å². The summed E-state index contributed by atoms with van der Waals surface area (Å²) in [5, 5.41) is -0.0515. The molecule has 2 unspecified atom stereocenters. The molecular formula is C22H24FN3O5S2. The number of nitrogens with zero attached hydrogens (tertiary/aromatic N) is 3. The van der Waals surface area contributed by atoms with Crippen molar-refractivity contribution in [3.05, 3.63) is 78.0 Å². The molecule has 3 aromatic rings. The van der Waals surface area contributed by atoms with Gasteiger partial charge in [0.15, 0.2) is 14.9 Å². The molecule has 0 bridgehead atoms. The fraction of sp³-hybridized carbons (Fsp3) is 0.318. The van der Waals surface area contributed by atoms with Crippen LogP contribution in [0.2, 0.25) is 0 Å². The maximum atomic E-state index is 13.5. The molecule has 0 saturated carbocycles. The van der Waals surface area contributed by atoms with Crippen LogP contribution in [0.15, 0.2) is 71.0 Å². The molecule has 1 aliphatic rings. The lowest BCUT2D eigenvalue weighted by Gasteiger charge is -2.19. The lowest BCUT2D eigenvalue weighted by Crippen LogP contribution is -2.30. The van der Waals surface area contributed by atoms with Crippen molar-refractivity contribution in [2.75, 3.05) is 19.3 Å². The van der Waals surface area contributed by atoms with Gasteiger partial charge in [-0.2, -0.15) is 4.31 Å². The van der Waals surface area contributed by atoms with Gasteiger partial charge in [-0.25, -0.2) is 26.2 Å². The second-order valence-corrected chi connectivity index (χ2v) is 12.0. The van der Waals surface area contributed by atoms with E-state index in [0.717, 1.165) is 11.8 Å². The molecule has 0 N–H and O–H groups in total. The monoisotopic (exact) mass is 493 g/mol. The first-order valence-electron chi connectivity index (χ1n) is 10.2. The van der Waals surface area contributed by atoms with Crippen molar-refractivity contribution in [1.29, 1.82) is 0 Å². The number of sulfone groups is 1. The second kappa shape index (κ2) is 8.98. The summed E-state index contributed by atoms with van der Waals surface area (Å²) < 4.78 is 72.4. The molecule has 4 rings (SSSR count). The van der Waals surface area contributed by atoms with Crippen LogP contribution in [0.25, 0.3) is 0 Å². The highest BCUT2D eigenvalue weighted by Gasteiger charge is 2.41. The fourth-order valence-electron chi connectivity index (χ4n) is 3.86. The number of benzene rings is 2. The normalized spacial score (nSPS) is 19.7. The predicted molar refractivity (Wildman–Crippen MR) is 119 cm³/mol. The number of hydrogen-bond donors (Lipinski definition) is 0. The quantitative estimate of drug-likeness (QED) is 0.501. The van der Waals surface area contributed by atoms with Crippen molar-refractivity contribution in [1.82, 2.24) is 13.9 Å². The van der Waals surface area contributed by atoms with E-state index in [1.807, 2.05) is 0 Å². The molecule has 33 heavy (non-hydrogen) atoms. The van der Waals surface area contributed by atoms with Gasteiger partial charge in [-0.1, -0.05) is 24.3 Å². The molecule has 11 heteroatoms. The fourth-order valence-corrected chi connectivity index (χ4v) is 5.99. The van der Waals surface area contributed by atoms with Gasteiger partial charge in [0.2, 0.25) is 0 Å². The van der Waals surface area contributed by atoms with Crippen LogP contribution >= 0.6 is 0 Å². The minimum Gasteiger partial charge on any atom is -0.371 e. The van der Waals surface area contributed by atoms with Crippen LogP contribution in [0.5, 0.6) is 0 Å². The number of hydrogen-bond acceptors (Lipinski definition) is 6. The van der Waals surface area contributed by atoms with Gasteiger partial charge in [-0.3, -0.25) is 0 Å². The molecule has 1 aromatic heterocycles. The van der Waals surface area contributed by atoms with Crippen molar-refractivity contribution in [3.8, 4) is 0 Å². The molecule has 2 heterocycles. The highest BCUT2D eigenvalue weighted by molar-refractivity contribution is 7.90. The molecule has 2 atom stereocenters. The van der Waals surface area contributed by atoms with Crippen LogP contribution in [0.3, 0.4) is 0 Å². The van der Waals surface area contributed by atoms with Crippen LogP contribution in [-0.4, -0.2) is 56.1 Å². The molecule has 1 fully saturated rings. The van der Waals surface area contributed by atoms with Gasteiger partial charge >= 0.3 is 0 Å². The van der Waals surface area contributed by atoms with Crippen molar-refractivity contribution in [2.45, 2.75) is 28.6 Å². The van der Waals surface area contributed by atoms with E-state index in [4.69, 9.17) is 4.74 Å². The van der Waals surface area contributed by atoms with E-state index < -0.39 is 26.0 Å². The van der Waals surface area contributed by atoms with E-state index in [9.17, 15) is 21.2 Å². The largest absolute Gasteiger partial charge is 0.371 e. The van der Waals surface area contributed by atoms with Crippen LogP contribution in [0.1, 0.15) is 17.0 Å². The number of ether oxygens (including phenoxy) is 1. The van der Waals surface area contributed by atoms with Crippen molar-refractivity contribution in [2.24, 2.45) is 7.05 Å². The summed E-state index contributed by atoms with van der Waals surface area (Å²) >= 11 is 0. The third-order valence-electron chi connectivity index (χ3n) is 5.61. The molecule has 1 saturated heterocycles. The summed E-state index contributed by atoms with van der Waals surface area (Å²) in [6.45, 7) is 0.342. The first-order valence-corrected chi connectivity index (χ1v) is 13.5. The van der Waals surface area contributed by atoms with Gasteiger partial charge in [0, 0.05) is 38.5 Å². The lowest BCUT2D eigenvalue weighted by molar-refractivity contribution is 0.0406. The van der Waals surface area contributed by atoms with Crippen molar-refractivity contribution in [3.63, 3.8) is 0 Å². The Labute approximate surface area is 192 Å². The van der Waals surface area contributed by atoms with E-state index in [1.165, 1.54) is 35.0 Å². The zero-order chi connectivity index (χ0) is 23.8. The molecule has 1 aliphatic heterocycles. The maximum Gasteiger partial charge on any atom is 0.262 e. The Morgan fingerprint density at radius 2 is 1.82 bits per heavy atom. The minimum atomic E-state index is -3.84. The van der Waals surface area contributed by atoms with Gasteiger partial charge < -0.3 is 9.30 Å². The lowest BCUT2D eigenvalue weighted by atomic mass is 9.96. The number of rotatable bonds is 7. The first kappa shape index (κ1) is 23.6. The zero-order valence-electron chi connectivity index (χ0n) is 18.1. The molecule has 0 amide bonds. The average molecular weight is 494 g/mol. The molecular weight excluding hydrogens is 469 g/mol.